The second kappa shape index (κ2) is 2.94. The lowest BCUT2D eigenvalue weighted by Gasteiger charge is -2.24. The fourth-order valence-corrected chi connectivity index (χ4v) is 0.942. The molecule has 1 saturated heterocycles. The van der Waals surface area contributed by atoms with Crippen molar-refractivity contribution in [2.45, 2.75) is 18.5 Å². The number of rotatable bonds is 1. The van der Waals surface area contributed by atoms with Gasteiger partial charge in [0.1, 0.15) is 6.29 Å². The predicted molar refractivity (Wildman–Crippen MR) is 34.7 cm³/mol. The lowest BCUT2D eigenvalue weighted by molar-refractivity contribution is -0.110. The summed E-state index contributed by atoms with van der Waals surface area (Å²) in [5, 5.41) is 2.97. The molecule has 1 aliphatic rings. The number of piperidine rings is 1. The fraction of sp³-hybridized carbons (Fsp3) is 0.667. The number of aldehydes is 1. The molecule has 0 bridgehead atoms. The van der Waals surface area contributed by atoms with Crippen molar-refractivity contribution in [1.82, 2.24) is 5.32 Å². The molecule has 51 valence electrons. The molecule has 0 aromatic heterocycles. The zero-order chi connectivity index (χ0) is 6.69. The average molecular weight is 127 g/mol. The Labute approximate surface area is 54.6 Å². The Hall–Kier alpha value is -0.410. The van der Waals surface area contributed by atoms with Gasteiger partial charge >= 0.3 is 0 Å². The van der Waals surface area contributed by atoms with E-state index in [1.807, 2.05) is 6.42 Å². The van der Waals surface area contributed by atoms with E-state index in [9.17, 15) is 4.79 Å². The van der Waals surface area contributed by atoms with E-state index in [2.05, 4.69) is 5.32 Å². The third-order valence-corrected chi connectivity index (χ3v) is 1.54. The minimum absolute atomic E-state index is 0.0174. The van der Waals surface area contributed by atoms with Crippen molar-refractivity contribution in [3.63, 3.8) is 0 Å². The van der Waals surface area contributed by atoms with Crippen molar-refractivity contribution < 1.29 is 4.79 Å². The quantitative estimate of drug-likeness (QED) is 0.448. The molecule has 1 fully saturated rings. The molecule has 0 amide bonds. The number of hydrogen-bond acceptors (Lipinski definition) is 3. The van der Waals surface area contributed by atoms with E-state index < -0.39 is 0 Å². The number of nitrogens with two attached hydrogens (primary N) is 1. The number of hydrogen-bond donors (Lipinski definition) is 2. The molecule has 2 unspecified atom stereocenters. The third kappa shape index (κ3) is 1.50. The van der Waals surface area contributed by atoms with Crippen LogP contribution in [0.4, 0.5) is 0 Å². The fourth-order valence-electron chi connectivity index (χ4n) is 0.942. The summed E-state index contributed by atoms with van der Waals surface area (Å²) in [6.07, 6.45) is 3.76. The summed E-state index contributed by atoms with van der Waals surface area (Å²) < 4.78 is 0. The molecule has 1 aliphatic heterocycles. The molecule has 0 saturated carbocycles. The van der Waals surface area contributed by atoms with Crippen LogP contribution in [0.15, 0.2) is 0 Å². The van der Waals surface area contributed by atoms with Gasteiger partial charge in [0.15, 0.2) is 0 Å². The van der Waals surface area contributed by atoms with Crippen molar-refractivity contribution in [3.8, 4) is 0 Å². The second-order valence-corrected chi connectivity index (χ2v) is 2.26. The minimum Gasteiger partial charge on any atom is -0.326 e. The second-order valence-electron chi connectivity index (χ2n) is 2.26. The molecule has 9 heavy (non-hydrogen) atoms. The highest BCUT2D eigenvalue weighted by Gasteiger charge is 2.19. The SMILES string of the molecule is NC1C[CH]CNC1C=O. The molecule has 0 spiro atoms. The van der Waals surface area contributed by atoms with Crippen LogP contribution in [0.5, 0.6) is 0 Å². The summed E-state index contributed by atoms with van der Waals surface area (Å²) >= 11 is 0. The predicted octanol–water partition coefficient (Wildman–Crippen LogP) is -0.921. The first-order chi connectivity index (χ1) is 4.34. The Morgan fingerprint density at radius 2 is 2.56 bits per heavy atom. The summed E-state index contributed by atoms with van der Waals surface area (Å²) in [7, 11) is 0. The highest BCUT2D eigenvalue weighted by molar-refractivity contribution is 5.59. The lowest BCUT2D eigenvalue weighted by atomic mass is 10.0. The third-order valence-electron chi connectivity index (χ3n) is 1.54. The first kappa shape index (κ1) is 6.71. The Kier molecular flexibility index (Phi) is 2.19. The van der Waals surface area contributed by atoms with E-state index in [0.717, 1.165) is 19.3 Å². The monoisotopic (exact) mass is 127 g/mol. The normalized spacial score (nSPS) is 36.1. The summed E-state index contributed by atoms with van der Waals surface area (Å²) in [6.45, 7) is 0.803. The van der Waals surface area contributed by atoms with Crippen molar-refractivity contribution in [2.75, 3.05) is 6.54 Å². The lowest BCUT2D eigenvalue weighted by Crippen LogP contribution is -2.50. The van der Waals surface area contributed by atoms with Crippen LogP contribution in [-0.4, -0.2) is 24.9 Å². The van der Waals surface area contributed by atoms with E-state index >= 15 is 0 Å². The van der Waals surface area contributed by atoms with Gasteiger partial charge in [0.05, 0.1) is 6.04 Å². The minimum atomic E-state index is -0.130. The zero-order valence-corrected chi connectivity index (χ0v) is 5.21. The summed E-state index contributed by atoms with van der Waals surface area (Å²) in [6, 6.07) is -0.147. The average Bonchev–Trinajstić information content (AvgIpc) is 1.89. The Balaban J connectivity index is 2.38. The number of carbonyl (C=O) groups excluding carboxylic acids is 1. The van der Waals surface area contributed by atoms with Gasteiger partial charge in [0.2, 0.25) is 0 Å². The summed E-state index contributed by atoms with van der Waals surface area (Å²) in [5.74, 6) is 0. The molecule has 1 radical (unpaired) electrons. The van der Waals surface area contributed by atoms with E-state index in [4.69, 9.17) is 5.73 Å². The first-order valence-corrected chi connectivity index (χ1v) is 3.10. The van der Waals surface area contributed by atoms with Crippen LogP contribution in [0.1, 0.15) is 6.42 Å². The van der Waals surface area contributed by atoms with Crippen LogP contribution in [0.2, 0.25) is 0 Å². The van der Waals surface area contributed by atoms with Gasteiger partial charge in [-0.25, -0.2) is 0 Å². The standard InChI is InChI=1S/C6H11N2O/c7-5-2-1-3-8-6(5)4-9/h1,4-6,8H,2-3,7H2. The highest BCUT2D eigenvalue weighted by atomic mass is 16.1. The molecule has 0 aromatic rings. The number of carbonyl (C=O) groups is 1. The molecule has 3 nitrogen and oxygen atoms in total. The molecular weight excluding hydrogens is 116 g/mol. The van der Waals surface area contributed by atoms with Crippen LogP contribution < -0.4 is 11.1 Å². The maximum atomic E-state index is 10.2. The van der Waals surface area contributed by atoms with Gasteiger partial charge in [0, 0.05) is 6.04 Å². The van der Waals surface area contributed by atoms with Gasteiger partial charge in [-0.1, -0.05) is 0 Å². The highest BCUT2D eigenvalue weighted by Crippen LogP contribution is 2.02. The molecule has 0 aromatic carbocycles. The topological polar surface area (TPSA) is 55.1 Å². The van der Waals surface area contributed by atoms with Gasteiger partial charge in [-0.05, 0) is 19.4 Å². The van der Waals surface area contributed by atoms with Crippen molar-refractivity contribution >= 4 is 6.29 Å². The first-order valence-electron chi connectivity index (χ1n) is 3.10. The Bertz CT molecular complexity index is 105. The number of nitrogens with one attached hydrogen (secondary N) is 1. The maximum Gasteiger partial charge on any atom is 0.138 e. The summed E-state index contributed by atoms with van der Waals surface area (Å²) in [4.78, 5) is 10.2. The Morgan fingerprint density at radius 1 is 1.78 bits per heavy atom. The molecule has 3 heteroatoms. The van der Waals surface area contributed by atoms with Gasteiger partial charge < -0.3 is 15.8 Å². The van der Waals surface area contributed by atoms with E-state index in [-0.39, 0.29) is 12.1 Å². The van der Waals surface area contributed by atoms with Crippen LogP contribution in [0.3, 0.4) is 0 Å². The molecule has 0 aliphatic carbocycles. The largest absolute Gasteiger partial charge is 0.326 e. The van der Waals surface area contributed by atoms with Crippen molar-refractivity contribution in [1.29, 1.82) is 0 Å². The Morgan fingerprint density at radius 3 is 3.00 bits per heavy atom. The van der Waals surface area contributed by atoms with Crippen LogP contribution in [-0.2, 0) is 4.79 Å². The molecule has 1 heterocycles. The van der Waals surface area contributed by atoms with Crippen molar-refractivity contribution in [3.05, 3.63) is 6.42 Å². The van der Waals surface area contributed by atoms with Gasteiger partial charge in [0.25, 0.3) is 0 Å². The zero-order valence-electron chi connectivity index (χ0n) is 5.21. The molecule has 2 atom stereocenters. The van der Waals surface area contributed by atoms with Crippen LogP contribution in [0.25, 0.3) is 0 Å². The van der Waals surface area contributed by atoms with Crippen LogP contribution in [0, 0.1) is 6.42 Å². The smallest absolute Gasteiger partial charge is 0.138 e. The molecular formula is C6H11N2O. The van der Waals surface area contributed by atoms with Crippen molar-refractivity contribution in [2.24, 2.45) is 5.73 Å². The maximum absolute atomic E-state index is 10.2. The molecule has 3 N–H and O–H groups in total. The van der Waals surface area contributed by atoms with E-state index in [1.54, 1.807) is 0 Å². The van der Waals surface area contributed by atoms with Gasteiger partial charge in [-0.3, -0.25) is 0 Å². The van der Waals surface area contributed by atoms with Gasteiger partial charge in [-0.15, -0.1) is 0 Å². The summed E-state index contributed by atoms with van der Waals surface area (Å²) in [5.41, 5.74) is 5.56. The van der Waals surface area contributed by atoms with Crippen LogP contribution >= 0.6 is 0 Å². The molecule has 1 rings (SSSR count). The van der Waals surface area contributed by atoms with E-state index in [1.165, 1.54) is 0 Å². The van der Waals surface area contributed by atoms with E-state index in [0.29, 0.717) is 0 Å². The van der Waals surface area contributed by atoms with Gasteiger partial charge in [-0.2, -0.15) is 0 Å².